The SMILES string of the molecule is C.C.[Ar].[Ar].[Ar].[Ar].[CH3-].[CH3-].[Rh+2]. The second-order valence-electron chi connectivity index (χ2n) is 0. The normalized spacial score (nSPS) is 0. The van der Waals surface area contributed by atoms with Gasteiger partial charge in [-0.2, -0.15) is 0 Å². The zero-order valence-electron chi connectivity index (χ0n) is 3.75. The van der Waals surface area contributed by atoms with Gasteiger partial charge in [0.1, 0.15) is 0 Å². The summed E-state index contributed by atoms with van der Waals surface area (Å²) in [6, 6.07) is 0. The quantitative estimate of drug-likeness (QED) is 0.473. The Balaban J connectivity index is 0. The molecule has 9 heavy (non-hydrogen) atoms. The first-order valence-electron chi connectivity index (χ1n) is 0. The van der Waals surface area contributed by atoms with Crippen molar-refractivity contribution in [1.29, 1.82) is 0 Å². The average Bonchev–Trinajstić information content (AvgIpc) is 0. The molecule has 0 spiro atoms. The third kappa shape index (κ3) is 58.0. The van der Waals surface area contributed by atoms with Gasteiger partial charge in [-0.15, -0.1) is 0 Å². The third-order valence-corrected chi connectivity index (χ3v) is 0. The minimum Gasteiger partial charge on any atom is -0.358 e. The van der Waals surface area contributed by atoms with E-state index in [9.17, 15) is 0 Å². The summed E-state index contributed by atoms with van der Waals surface area (Å²) in [5, 5.41) is 0. The van der Waals surface area contributed by atoms with E-state index in [1.807, 2.05) is 0 Å². The van der Waals surface area contributed by atoms with Crippen LogP contribution in [0.15, 0.2) is 0 Å². The van der Waals surface area contributed by atoms with Crippen molar-refractivity contribution in [3.63, 3.8) is 0 Å². The summed E-state index contributed by atoms with van der Waals surface area (Å²) in [5.74, 6) is 0. The van der Waals surface area contributed by atoms with Crippen molar-refractivity contribution < 1.29 is 170 Å². The van der Waals surface area contributed by atoms with Crippen LogP contribution >= 0.6 is 0 Å². The summed E-state index contributed by atoms with van der Waals surface area (Å²) in [4.78, 5) is 0. The number of hydrogen-bond donors (Lipinski definition) is 0. The molecule has 0 aromatic carbocycles. The molecule has 0 nitrogen and oxygen atoms in total. The molecule has 0 aliphatic heterocycles. The molecule has 1 radical (unpaired) electrons. The second-order valence-corrected chi connectivity index (χ2v) is 0. The first kappa shape index (κ1) is 85.4. The molecule has 0 atom stereocenters. The maximum absolute atomic E-state index is 0. The van der Waals surface area contributed by atoms with Crippen LogP contribution in [-0.2, 0) is 19.5 Å². The number of rotatable bonds is 0. The van der Waals surface area contributed by atoms with Crippen LogP contribution in [0.25, 0.3) is 0 Å². The van der Waals surface area contributed by atoms with Crippen LogP contribution < -0.4 is 0 Å². The van der Waals surface area contributed by atoms with Gasteiger partial charge in [-0.25, -0.2) is 0 Å². The van der Waals surface area contributed by atoms with Crippen LogP contribution in [0.4, 0.5) is 0 Å². The van der Waals surface area contributed by atoms with Crippen molar-refractivity contribution in [1.82, 2.24) is 0 Å². The molecule has 0 aromatic rings. The monoisotopic (exact) mass is 325 g/mol. The van der Waals surface area contributed by atoms with Gasteiger partial charge in [0.05, 0.1) is 0 Å². The van der Waals surface area contributed by atoms with Crippen molar-refractivity contribution in [3.05, 3.63) is 14.9 Å². The van der Waals surface area contributed by atoms with Gasteiger partial charge in [-0.05, 0) is 0 Å². The molecule has 5 heteroatoms. The van der Waals surface area contributed by atoms with E-state index in [1.165, 1.54) is 0 Å². The Kier molecular flexibility index (Phi) is 648. The van der Waals surface area contributed by atoms with Crippen molar-refractivity contribution >= 4 is 0 Å². The van der Waals surface area contributed by atoms with Gasteiger partial charge in [-0.3, -0.25) is 0 Å². The minimum absolute atomic E-state index is 0. The van der Waals surface area contributed by atoms with Crippen LogP contribution in [0.3, 0.4) is 0 Å². The maximum atomic E-state index is 0. The van der Waals surface area contributed by atoms with Gasteiger partial charge in [0, 0.05) is 151 Å². The predicted octanol–water partition coefficient (Wildman–Crippen LogP) is 2.17. The topological polar surface area (TPSA) is 0 Å². The molecular weight excluding hydrogens is 311 g/mol. The molecule has 0 aliphatic rings. The minimum atomic E-state index is 0. The van der Waals surface area contributed by atoms with Crippen molar-refractivity contribution in [2.75, 3.05) is 0 Å². The average molecular weight is 325 g/mol. The summed E-state index contributed by atoms with van der Waals surface area (Å²) in [7, 11) is 0. The molecule has 0 N–H and O–H groups in total. The van der Waals surface area contributed by atoms with Crippen LogP contribution in [0.2, 0.25) is 0 Å². The largest absolute Gasteiger partial charge is 2.00 e. The van der Waals surface area contributed by atoms with E-state index in [1.54, 1.807) is 0 Å². The summed E-state index contributed by atoms with van der Waals surface area (Å²) < 4.78 is 0. The first-order chi connectivity index (χ1) is 0. The van der Waals surface area contributed by atoms with E-state index in [0.29, 0.717) is 0 Å². The van der Waals surface area contributed by atoms with Crippen LogP contribution in [0, 0.1) is 166 Å². The van der Waals surface area contributed by atoms with Gasteiger partial charge in [0.25, 0.3) is 0 Å². The molecule has 0 fully saturated rings. The van der Waals surface area contributed by atoms with Gasteiger partial charge >= 0.3 is 19.5 Å². The molecule has 0 amide bonds. The number of hydrogen-bond acceptors (Lipinski definition) is 0. The van der Waals surface area contributed by atoms with E-state index in [-0.39, 0.29) is 200 Å². The Morgan fingerprint density at radius 1 is 0.444 bits per heavy atom. The zero-order valence-corrected chi connectivity index (χ0v) is 8.21. The fourth-order valence-corrected chi connectivity index (χ4v) is 0. The Labute approximate surface area is 194 Å². The molecule has 0 aliphatic carbocycles. The molecule has 0 aromatic heterocycles. The van der Waals surface area contributed by atoms with E-state index >= 15 is 0 Å². The van der Waals surface area contributed by atoms with Crippen molar-refractivity contribution in [2.24, 2.45) is 0 Å². The van der Waals surface area contributed by atoms with Gasteiger partial charge in [0.15, 0.2) is 0 Å². The van der Waals surface area contributed by atoms with Crippen LogP contribution in [-0.4, -0.2) is 0 Å². The molecule has 0 rings (SSSR count). The smallest absolute Gasteiger partial charge is 0.358 e. The van der Waals surface area contributed by atoms with Crippen LogP contribution in [0.1, 0.15) is 14.9 Å². The molecule has 0 saturated carbocycles. The molecular formula is C4H14Ar4Rh. The standard InChI is InChI=1S/2CH4.2CH3.4Ar.Rh/h2*1H4;2*1H3;;;;;/q;;2*-1;;;;;+2. The molecule has 71 valence electrons. The summed E-state index contributed by atoms with van der Waals surface area (Å²) in [6.07, 6.45) is 0. The van der Waals surface area contributed by atoms with Gasteiger partial charge in [-0.1, -0.05) is 14.9 Å². The van der Waals surface area contributed by atoms with Crippen molar-refractivity contribution in [3.8, 4) is 0 Å². The summed E-state index contributed by atoms with van der Waals surface area (Å²) in [5.41, 5.74) is 0. The third-order valence-electron chi connectivity index (χ3n) is 0. The first-order valence-corrected chi connectivity index (χ1v) is 0. The Morgan fingerprint density at radius 3 is 0.444 bits per heavy atom. The predicted molar refractivity (Wildman–Crippen MR) is 26.3 cm³/mol. The molecule has 0 bridgehead atoms. The second kappa shape index (κ2) is 68.3. The maximum Gasteiger partial charge on any atom is 2.00 e. The van der Waals surface area contributed by atoms with E-state index in [2.05, 4.69) is 0 Å². The molecule has 0 saturated heterocycles. The van der Waals surface area contributed by atoms with Gasteiger partial charge < -0.3 is 14.9 Å². The fraction of sp³-hybridized carbons (Fsp3) is 0.500. The van der Waals surface area contributed by atoms with E-state index < -0.39 is 0 Å². The van der Waals surface area contributed by atoms with Crippen molar-refractivity contribution in [2.45, 2.75) is 14.9 Å². The summed E-state index contributed by atoms with van der Waals surface area (Å²) >= 11 is 0. The van der Waals surface area contributed by atoms with E-state index in [0.717, 1.165) is 0 Å². The van der Waals surface area contributed by atoms with E-state index in [4.69, 9.17) is 0 Å². The Morgan fingerprint density at radius 2 is 0.444 bits per heavy atom. The molecule has 0 unspecified atom stereocenters. The Hall–Kier alpha value is 5.66. The molecule has 0 heterocycles. The Bertz CT molecular complexity index is 12.5. The zero-order chi connectivity index (χ0) is 0. The van der Waals surface area contributed by atoms with Crippen LogP contribution in [0.5, 0.6) is 0 Å². The van der Waals surface area contributed by atoms with Gasteiger partial charge in [0.2, 0.25) is 0 Å². The fourth-order valence-electron chi connectivity index (χ4n) is 0. The summed E-state index contributed by atoms with van der Waals surface area (Å²) in [6.45, 7) is 0.